The van der Waals surface area contributed by atoms with Crippen molar-refractivity contribution in [3.63, 3.8) is 0 Å². The summed E-state index contributed by atoms with van der Waals surface area (Å²) >= 11 is 5.85. The summed E-state index contributed by atoms with van der Waals surface area (Å²) in [5.41, 5.74) is 0.969. The summed E-state index contributed by atoms with van der Waals surface area (Å²) in [6.07, 6.45) is 3.41. The summed E-state index contributed by atoms with van der Waals surface area (Å²) in [6.45, 7) is 3.00. The van der Waals surface area contributed by atoms with E-state index in [2.05, 4.69) is 12.2 Å². The van der Waals surface area contributed by atoms with E-state index in [1.165, 1.54) is 6.07 Å². The van der Waals surface area contributed by atoms with E-state index in [0.717, 1.165) is 30.7 Å². The van der Waals surface area contributed by atoms with E-state index in [0.29, 0.717) is 0 Å². The van der Waals surface area contributed by atoms with Gasteiger partial charge in [0.1, 0.15) is 11.6 Å². The van der Waals surface area contributed by atoms with Gasteiger partial charge in [0.25, 0.3) is 0 Å². The summed E-state index contributed by atoms with van der Waals surface area (Å²) in [6, 6.07) is 8.71. The lowest BCUT2D eigenvalue weighted by Gasteiger charge is -2.18. The van der Waals surface area contributed by atoms with Crippen LogP contribution in [-0.4, -0.2) is 6.54 Å². The van der Waals surface area contributed by atoms with E-state index in [-0.39, 0.29) is 11.1 Å². The molecule has 0 bridgehead atoms. The molecular weight excluding hydrogens is 265 g/mol. The Morgan fingerprint density at radius 2 is 2.21 bits per heavy atom. The Balaban J connectivity index is 2.18. The molecule has 0 saturated heterocycles. The van der Waals surface area contributed by atoms with Gasteiger partial charge in [-0.05, 0) is 42.8 Å². The van der Waals surface area contributed by atoms with Gasteiger partial charge in [-0.25, -0.2) is 4.39 Å². The summed E-state index contributed by atoms with van der Waals surface area (Å²) in [4.78, 5) is 0. The van der Waals surface area contributed by atoms with Gasteiger partial charge in [-0.2, -0.15) is 0 Å². The molecule has 1 aromatic heterocycles. The number of rotatable bonds is 6. The van der Waals surface area contributed by atoms with Gasteiger partial charge in [0.15, 0.2) is 0 Å². The van der Waals surface area contributed by atoms with Crippen molar-refractivity contribution in [1.29, 1.82) is 0 Å². The van der Waals surface area contributed by atoms with Gasteiger partial charge < -0.3 is 9.73 Å². The maximum absolute atomic E-state index is 13.2. The third-order valence-corrected chi connectivity index (χ3v) is 3.26. The van der Waals surface area contributed by atoms with Crippen molar-refractivity contribution >= 4 is 11.6 Å². The van der Waals surface area contributed by atoms with E-state index < -0.39 is 5.82 Å². The second kappa shape index (κ2) is 6.73. The van der Waals surface area contributed by atoms with Crippen LogP contribution in [0.4, 0.5) is 4.39 Å². The maximum atomic E-state index is 13.2. The van der Waals surface area contributed by atoms with Crippen LogP contribution in [0, 0.1) is 5.82 Å². The average molecular weight is 282 g/mol. The first-order valence-electron chi connectivity index (χ1n) is 6.41. The molecule has 19 heavy (non-hydrogen) atoms. The monoisotopic (exact) mass is 281 g/mol. The molecule has 1 heterocycles. The van der Waals surface area contributed by atoms with Gasteiger partial charge >= 0.3 is 0 Å². The van der Waals surface area contributed by atoms with Crippen LogP contribution in [0.5, 0.6) is 0 Å². The third-order valence-electron chi connectivity index (χ3n) is 2.97. The maximum Gasteiger partial charge on any atom is 0.141 e. The SMILES string of the molecule is CCCNC(Cc1ccco1)c1ccc(F)c(Cl)c1. The van der Waals surface area contributed by atoms with Crippen LogP contribution in [-0.2, 0) is 6.42 Å². The molecule has 2 rings (SSSR count). The van der Waals surface area contributed by atoms with Gasteiger partial charge in [-0.3, -0.25) is 0 Å². The average Bonchev–Trinajstić information content (AvgIpc) is 2.91. The van der Waals surface area contributed by atoms with Crippen LogP contribution in [0.1, 0.15) is 30.7 Å². The summed E-state index contributed by atoms with van der Waals surface area (Å²) in [5.74, 6) is 0.506. The number of furan rings is 1. The predicted molar refractivity (Wildman–Crippen MR) is 74.9 cm³/mol. The first-order chi connectivity index (χ1) is 9.20. The quantitative estimate of drug-likeness (QED) is 0.851. The Bertz CT molecular complexity index is 513. The lowest BCUT2D eigenvalue weighted by atomic mass is 10.0. The fourth-order valence-corrected chi connectivity index (χ4v) is 2.17. The van der Waals surface area contributed by atoms with Crippen LogP contribution in [0.2, 0.25) is 5.02 Å². The molecule has 0 saturated carbocycles. The molecule has 102 valence electrons. The standard InChI is InChI=1S/C15H17ClFNO/c1-2-7-18-15(10-12-4-3-8-19-12)11-5-6-14(17)13(16)9-11/h3-6,8-9,15,18H,2,7,10H2,1H3. The number of benzene rings is 1. The zero-order chi connectivity index (χ0) is 13.7. The molecule has 1 unspecified atom stereocenters. The fourth-order valence-electron chi connectivity index (χ4n) is 1.99. The molecule has 1 aromatic carbocycles. The van der Waals surface area contributed by atoms with Crippen molar-refractivity contribution in [2.24, 2.45) is 0 Å². The number of hydrogen-bond donors (Lipinski definition) is 1. The highest BCUT2D eigenvalue weighted by Crippen LogP contribution is 2.23. The highest BCUT2D eigenvalue weighted by Gasteiger charge is 2.14. The Labute approximate surface area is 117 Å². The largest absolute Gasteiger partial charge is 0.469 e. The van der Waals surface area contributed by atoms with Crippen LogP contribution in [0.3, 0.4) is 0 Å². The normalized spacial score (nSPS) is 12.6. The van der Waals surface area contributed by atoms with Crippen LogP contribution >= 0.6 is 11.6 Å². The molecule has 4 heteroatoms. The topological polar surface area (TPSA) is 25.2 Å². The van der Waals surface area contributed by atoms with Crippen molar-refractivity contribution in [1.82, 2.24) is 5.32 Å². The van der Waals surface area contributed by atoms with Crippen molar-refractivity contribution in [2.45, 2.75) is 25.8 Å². The Morgan fingerprint density at radius 3 is 2.84 bits per heavy atom. The van der Waals surface area contributed by atoms with E-state index in [1.807, 2.05) is 12.1 Å². The van der Waals surface area contributed by atoms with Gasteiger partial charge in [0.2, 0.25) is 0 Å². The van der Waals surface area contributed by atoms with Crippen LogP contribution in [0.25, 0.3) is 0 Å². The molecule has 0 spiro atoms. The lowest BCUT2D eigenvalue weighted by Crippen LogP contribution is -2.24. The minimum Gasteiger partial charge on any atom is -0.469 e. The minimum absolute atomic E-state index is 0.0733. The Morgan fingerprint density at radius 1 is 1.37 bits per heavy atom. The summed E-state index contributed by atoms with van der Waals surface area (Å²) in [7, 11) is 0. The van der Waals surface area contributed by atoms with E-state index in [9.17, 15) is 4.39 Å². The van der Waals surface area contributed by atoms with Crippen LogP contribution < -0.4 is 5.32 Å². The fraction of sp³-hybridized carbons (Fsp3) is 0.333. The highest BCUT2D eigenvalue weighted by molar-refractivity contribution is 6.30. The first-order valence-corrected chi connectivity index (χ1v) is 6.79. The second-order valence-electron chi connectivity index (χ2n) is 4.46. The number of halogens is 2. The van der Waals surface area contributed by atoms with Gasteiger partial charge in [-0.1, -0.05) is 24.6 Å². The van der Waals surface area contributed by atoms with Crippen molar-refractivity contribution in [2.75, 3.05) is 6.54 Å². The highest BCUT2D eigenvalue weighted by atomic mass is 35.5. The first kappa shape index (κ1) is 14.1. The Hall–Kier alpha value is -1.32. The molecule has 0 amide bonds. The van der Waals surface area contributed by atoms with E-state index in [1.54, 1.807) is 18.4 Å². The molecule has 1 atom stereocenters. The Kier molecular flexibility index (Phi) is 5.00. The number of nitrogens with one attached hydrogen (secondary N) is 1. The second-order valence-corrected chi connectivity index (χ2v) is 4.87. The minimum atomic E-state index is -0.391. The van der Waals surface area contributed by atoms with Crippen molar-refractivity contribution in [3.8, 4) is 0 Å². The molecule has 0 aliphatic heterocycles. The van der Waals surface area contributed by atoms with Gasteiger partial charge in [-0.15, -0.1) is 0 Å². The number of hydrogen-bond acceptors (Lipinski definition) is 2. The molecule has 1 N–H and O–H groups in total. The van der Waals surface area contributed by atoms with Crippen molar-refractivity contribution in [3.05, 3.63) is 58.8 Å². The summed E-state index contributed by atoms with van der Waals surface area (Å²) in [5, 5.41) is 3.58. The zero-order valence-corrected chi connectivity index (χ0v) is 11.6. The smallest absolute Gasteiger partial charge is 0.141 e. The zero-order valence-electron chi connectivity index (χ0n) is 10.8. The van der Waals surface area contributed by atoms with Gasteiger partial charge in [0, 0.05) is 12.5 Å². The summed E-state index contributed by atoms with van der Waals surface area (Å²) < 4.78 is 18.6. The molecule has 2 nitrogen and oxygen atoms in total. The lowest BCUT2D eigenvalue weighted by molar-refractivity contribution is 0.449. The van der Waals surface area contributed by atoms with Crippen molar-refractivity contribution < 1.29 is 8.81 Å². The molecule has 2 aromatic rings. The molecule has 0 fully saturated rings. The molecule has 0 aliphatic carbocycles. The molecular formula is C15H17ClFNO. The van der Waals surface area contributed by atoms with E-state index >= 15 is 0 Å². The molecule has 0 aliphatic rings. The van der Waals surface area contributed by atoms with Gasteiger partial charge in [0.05, 0.1) is 11.3 Å². The van der Waals surface area contributed by atoms with E-state index in [4.69, 9.17) is 16.0 Å². The third kappa shape index (κ3) is 3.82. The van der Waals surface area contributed by atoms with Crippen LogP contribution in [0.15, 0.2) is 41.0 Å². The predicted octanol–water partition coefficient (Wildman–Crippen LogP) is 4.36. The molecule has 0 radical (unpaired) electrons.